The highest BCUT2D eigenvalue weighted by Crippen LogP contribution is 2.25. The normalized spacial score (nSPS) is 10.6. The Bertz CT molecular complexity index is 558. The van der Waals surface area contributed by atoms with Crippen LogP contribution in [0.5, 0.6) is 5.75 Å². The van der Waals surface area contributed by atoms with Gasteiger partial charge in [-0.15, -0.1) is 0 Å². The van der Waals surface area contributed by atoms with Gasteiger partial charge in [-0.3, -0.25) is 0 Å². The third-order valence-corrected chi connectivity index (χ3v) is 3.99. The van der Waals surface area contributed by atoms with E-state index in [9.17, 15) is 0 Å². The minimum Gasteiger partial charge on any atom is -0.489 e. The molecule has 0 saturated heterocycles. The molecule has 1 nitrogen and oxygen atoms in total. The van der Waals surface area contributed by atoms with Crippen LogP contribution in [-0.4, -0.2) is 0 Å². The van der Waals surface area contributed by atoms with Crippen LogP contribution in [0.3, 0.4) is 0 Å². The van der Waals surface area contributed by atoms with Crippen LogP contribution in [0, 0.1) is 13.8 Å². The highest BCUT2D eigenvalue weighted by molar-refractivity contribution is 5.42. The first-order valence-corrected chi connectivity index (χ1v) is 7.97. The third-order valence-electron chi connectivity index (χ3n) is 3.99. The van der Waals surface area contributed by atoms with Gasteiger partial charge in [-0.2, -0.15) is 0 Å². The number of hydrogen-bond acceptors (Lipinski definition) is 1. The quantitative estimate of drug-likeness (QED) is 0.599. The summed E-state index contributed by atoms with van der Waals surface area (Å²) in [6.45, 7) is 7.20. The standard InChI is InChI=1S/C20H26O/c1-4-5-7-12-19-13-16(2)17(3)20(14-19)21-15-18-10-8-6-9-11-18/h6,8-11,13-14H,4-5,7,12,15H2,1-3H3. The van der Waals surface area contributed by atoms with Gasteiger partial charge in [0.15, 0.2) is 0 Å². The predicted molar refractivity (Wildman–Crippen MR) is 89.9 cm³/mol. The molecule has 0 fully saturated rings. The summed E-state index contributed by atoms with van der Waals surface area (Å²) in [5.74, 6) is 1.03. The molecule has 0 aliphatic carbocycles. The molecule has 1 heteroatoms. The summed E-state index contributed by atoms with van der Waals surface area (Å²) in [4.78, 5) is 0. The van der Waals surface area contributed by atoms with E-state index in [0.717, 1.165) is 12.2 Å². The van der Waals surface area contributed by atoms with Gasteiger partial charge in [0.2, 0.25) is 0 Å². The van der Waals surface area contributed by atoms with Gasteiger partial charge >= 0.3 is 0 Å². The Morgan fingerprint density at radius 2 is 1.67 bits per heavy atom. The van der Waals surface area contributed by atoms with Crippen LogP contribution in [0.1, 0.15) is 48.4 Å². The molecule has 0 N–H and O–H groups in total. The van der Waals surface area contributed by atoms with E-state index in [1.807, 2.05) is 6.07 Å². The van der Waals surface area contributed by atoms with Crippen molar-refractivity contribution in [2.45, 2.75) is 53.1 Å². The van der Waals surface area contributed by atoms with Crippen LogP contribution in [0.4, 0.5) is 0 Å². The van der Waals surface area contributed by atoms with Crippen LogP contribution < -0.4 is 4.74 Å². The van der Waals surface area contributed by atoms with Gasteiger partial charge in [-0.05, 0) is 55.0 Å². The second-order valence-electron chi connectivity index (χ2n) is 5.77. The first kappa shape index (κ1) is 15.6. The molecule has 0 heterocycles. The zero-order chi connectivity index (χ0) is 15.1. The van der Waals surface area contributed by atoms with Crippen molar-refractivity contribution in [1.82, 2.24) is 0 Å². The van der Waals surface area contributed by atoms with E-state index in [4.69, 9.17) is 4.74 Å². The van der Waals surface area contributed by atoms with Crippen LogP contribution in [0.2, 0.25) is 0 Å². The van der Waals surface area contributed by atoms with Crippen molar-refractivity contribution in [2.75, 3.05) is 0 Å². The van der Waals surface area contributed by atoms with Crippen molar-refractivity contribution in [3.05, 3.63) is 64.7 Å². The Hall–Kier alpha value is -1.76. The molecule has 0 bridgehead atoms. The highest BCUT2D eigenvalue weighted by Gasteiger charge is 2.06. The van der Waals surface area contributed by atoms with Crippen LogP contribution in [0.15, 0.2) is 42.5 Å². The maximum Gasteiger partial charge on any atom is 0.123 e. The minimum atomic E-state index is 0.638. The second-order valence-corrected chi connectivity index (χ2v) is 5.77. The van der Waals surface area contributed by atoms with Crippen LogP contribution >= 0.6 is 0 Å². The summed E-state index contributed by atoms with van der Waals surface area (Å²) in [7, 11) is 0. The van der Waals surface area contributed by atoms with E-state index in [0.29, 0.717) is 6.61 Å². The fraction of sp³-hybridized carbons (Fsp3) is 0.400. The van der Waals surface area contributed by atoms with Crippen molar-refractivity contribution in [1.29, 1.82) is 0 Å². The summed E-state index contributed by atoms with van der Waals surface area (Å²) in [6.07, 6.45) is 4.98. The van der Waals surface area contributed by atoms with E-state index in [1.165, 1.54) is 41.5 Å². The van der Waals surface area contributed by atoms with Gasteiger partial charge in [-0.25, -0.2) is 0 Å². The zero-order valence-corrected chi connectivity index (χ0v) is 13.5. The van der Waals surface area contributed by atoms with Crippen molar-refractivity contribution >= 4 is 0 Å². The van der Waals surface area contributed by atoms with Crippen molar-refractivity contribution in [2.24, 2.45) is 0 Å². The van der Waals surface area contributed by atoms with Gasteiger partial charge in [0.1, 0.15) is 12.4 Å². The first-order valence-electron chi connectivity index (χ1n) is 7.97. The molecule has 0 saturated carbocycles. The van der Waals surface area contributed by atoms with Gasteiger partial charge in [0.25, 0.3) is 0 Å². The van der Waals surface area contributed by atoms with E-state index < -0.39 is 0 Å². The SMILES string of the molecule is CCCCCc1cc(C)c(C)c(OCc2ccccc2)c1. The van der Waals surface area contributed by atoms with Crippen molar-refractivity contribution in [3.8, 4) is 5.75 Å². The lowest BCUT2D eigenvalue weighted by molar-refractivity contribution is 0.303. The molecule has 0 aromatic heterocycles. The molecule has 0 spiro atoms. The molecule has 112 valence electrons. The molecule has 0 atom stereocenters. The Morgan fingerprint density at radius 1 is 0.905 bits per heavy atom. The molecule has 0 unspecified atom stereocenters. The Labute approximate surface area is 129 Å². The zero-order valence-electron chi connectivity index (χ0n) is 13.5. The average molecular weight is 282 g/mol. The maximum absolute atomic E-state index is 6.05. The summed E-state index contributed by atoms with van der Waals surface area (Å²) in [5, 5.41) is 0. The fourth-order valence-electron chi connectivity index (χ4n) is 2.51. The molecular weight excluding hydrogens is 256 g/mol. The molecule has 0 aliphatic heterocycles. The molecule has 21 heavy (non-hydrogen) atoms. The van der Waals surface area contributed by atoms with Crippen LogP contribution in [-0.2, 0) is 13.0 Å². The van der Waals surface area contributed by atoms with E-state index in [2.05, 4.69) is 57.2 Å². The number of aryl methyl sites for hydroxylation is 2. The molecule has 0 amide bonds. The van der Waals surface area contributed by atoms with Gasteiger partial charge in [0.05, 0.1) is 0 Å². The van der Waals surface area contributed by atoms with Gasteiger partial charge in [0, 0.05) is 0 Å². The first-order chi connectivity index (χ1) is 10.2. The molecule has 2 aromatic rings. The topological polar surface area (TPSA) is 9.23 Å². The fourth-order valence-corrected chi connectivity index (χ4v) is 2.51. The Kier molecular flexibility index (Phi) is 5.86. The lowest BCUT2D eigenvalue weighted by Crippen LogP contribution is -1.99. The average Bonchev–Trinajstić information content (AvgIpc) is 2.50. The third kappa shape index (κ3) is 4.63. The van der Waals surface area contributed by atoms with E-state index in [-0.39, 0.29) is 0 Å². The van der Waals surface area contributed by atoms with Crippen LogP contribution in [0.25, 0.3) is 0 Å². The lowest BCUT2D eigenvalue weighted by atomic mass is 10.0. The largest absolute Gasteiger partial charge is 0.489 e. The second kappa shape index (κ2) is 7.87. The molecular formula is C20H26O. The van der Waals surface area contributed by atoms with Gasteiger partial charge < -0.3 is 4.74 Å². The number of benzene rings is 2. The maximum atomic E-state index is 6.05. The number of ether oxygens (including phenoxy) is 1. The summed E-state index contributed by atoms with van der Waals surface area (Å²) >= 11 is 0. The molecule has 2 aromatic carbocycles. The summed E-state index contributed by atoms with van der Waals surface area (Å²) < 4.78 is 6.05. The number of unbranched alkanes of at least 4 members (excludes halogenated alkanes) is 2. The Morgan fingerprint density at radius 3 is 2.38 bits per heavy atom. The lowest BCUT2D eigenvalue weighted by Gasteiger charge is -2.14. The monoisotopic (exact) mass is 282 g/mol. The van der Waals surface area contributed by atoms with E-state index >= 15 is 0 Å². The van der Waals surface area contributed by atoms with Gasteiger partial charge in [-0.1, -0.05) is 56.2 Å². The summed E-state index contributed by atoms with van der Waals surface area (Å²) in [5.41, 5.74) is 5.19. The van der Waals surface area contributed by atoms with Crippen molar-refractivity contribution in [3.63, 3.8) is 0 Å². The molecule has 2 rings (SSSR count). The van der Waals surface area contributed by atoms with E-state index in [1.54, 1.807) is 0 Å². The Balaban J connectivity index is 2.06. The minimum absolute atomic E-state index is 0.638. The highest BCUT2D eigenvalue weighted by atomic mass is 16.5. The number of rotatable bonds is 7. The predicted octanol–water partition coefficient (Wildman–Crippen LogP) is 5.62. The smallest absolute Gasteiger partial charge is 0.123 e. The number of hydrogen-bond donors (Lipinski definition) is 0. The molecule has 0 aliphatic rings. The summed E-state index contributed by atoms with van der Waals surface area (Å²) in [6, 6.07) is 14.9. The van der Waals surface area contributed by atoms with Crippen molar-refractivity contribution < 1.29 is 4.74 Å². The molecule has 0 radical (unpaired) electrons.